The van der Waals surface area contributed by atoms with Crippen molar-refractivity contribution < 1.29 is 19.1 Å². The van der Waals surface area contributed by atoms with Gasteiger partial charge in [0.2, 0.25) is 0 Å². The molecule has 5 nitrogen and oxygen atoms in total. The number of ether oxygens (including phenoxy) is 2. The highest BCUT2D eigenvalue weighted by Gasteiger charge is 2.20. The fourth-order valence-corrected chi connectivity index (χ4v) is 2.49. The lowest BCUT2D eigenvalue weighted by Crippen LogP contribution is -2.30. The van der Waals surface area contributed by atoms with Crippen LogP contribution in [0.15, 0.2) is 42.5 Å². The molecule has 2 aromatic carbocycles. The molecule has 144 valence electrons. The zero-order valence-electron chi connectivity index (χ0n) is 16.5. The monoisotopic (exact) mass is 369 g/mol. The molecule has 0 spiro atoms. The quantitative estimate of drug-likeness (QED) is 0.729. The number of hydrogen-bond donors (Lipinski definition) is 1. The topological polar surface area (TPSA) is 64.6 Å². The molecule has 0 aliphatic carbocycles. The van der Waals surface area contributed by atoms with Gasteiger partial charge in [-0.15, -0.1) is 0 Å². The maximum atomic E-state index is 12.4. The summed E-state index contributed by atoms with van der Waals surface area (Å²) in [4.78, 5) is 24.8. The maximum absolute atomic E-state index is 12.4. The first-order valence-electron chi connectivity index (χ1n) is 9.09. The lowest BCUT2D eigenvalue weighted by Gasteiger charge is -2.16. The van der Waals surface area contributed by atoms with E-state index in [1.165, 1.54) is 0 Å². The molecular weight excluding hydrogens is 342 g/mol. The summed E-state index contributed by atoms with van der Waals surface area (Å²) in [5, 5.41) is 2.84. The van der Waals surface area contributed by atoms with E-state index in [0.29, 0.717) is 23.8 Å². The summed E-state index contributed by atoms with van der Waals surface area (Å²) in [6.45, 7) is 10.1. The summed E-state index contributed by atoms with van der Waals surface area (Å²) in [6.07, 6.45) is -0.920. The van der Waals surface area contributed by atoms with Crippen molar-refractivity contribution in [3.63, 3.8) is 0 Å². The van der Waals surface area contributed by atoms with Crippen molar-refractivity contribution in [1.29, 1.82) is 0 Å². The molecule has 27 heavy (non-hydrogen) atoms. The second kappa shape index (κ2) is 9.21. The van der Waals surface area contributed by atoms with E-state index in [9.17, 15) is 9.59 Å². The Kier molecular flexibility index (Phi) is 6.99. The molecule has 0 aliphatic rings. The summed E-state index contributed by atoms with van der Waals surface area (Å²) in [5.41, 5.74) is 3.01. The smallest absolute Gasteiger partial charge is 0.339 e. The first-order chi connectivity index (χ1) is 12.8. The number of hydrogen-bond acceptors (Lipinski definition) is 4. The van der Waals surface area contributed by atoms with E-state index in [4.69, 9.17) is 9.47 Å². The Balaban J connectivity index is 2.00. The Hall–Kier alpha value is -2.82. The number of benzene rings is 2. The average Bonchev–Trinajstić information content (AvgIpc) is 2.63. The van der Waals surface area contributed by atoms with Crippen LogP contribution in [0.1, 0.15) is 42.3 Å². The van der Waals surface area contributed by atoms with Crippen LogP contribution in [0.5, 0.6) is 5.75 Å². The summed E-state index contributed by atoms with van der Waals surface area (Å²) in [5.74, 6) is 0.0575. The number of nitrogens with one attached hydrogen (secondary N) is 1. The molecule has 0 aromatic heterocycles. The zero-order chi connectivity index (χ0) is 20.0. The minimum absolute atomic E-state index is 0.350. The molecule has 1 N–H and O–H groups in total. The van der Waals surface area contributed by atoms with Gasteiger partial charge < -0.3 is 14.8 Å². The van der Waals surface area contributed by atoms with Crippen LogP contribution >= 0.6 is 0 Å². The average molecular weight is 369 g/mol. The Morgan fingerprint density at radius 2 is 1.63 bits per heavy atom. The van der Waals surface area contributed by atoms with Crippen molar-refractivity contribution in [2.75, 3.05) is 11.9 Å². The molecule has 1 atom stereocenters. The van der Waals surface area contributed by atoms with Crippen molar-refractivity contribution in [3.8, 4) is 5.75 Å². The lowest BCUT2D eigenvalue weighted by molar-refractivity contribution is -0.123. The minimum atomic E-state index is -0.920. The van der Waals surface area contributed by atoms with E-state index >= 15 is 0 Å². The Bertz CT molecular complexity index is 793. The summed E-state index contributed by atoms with van der Waals surface area (Å²) in [7, 11) is 0. The number of anilines is 1. The van der Waals surface area contributed by atoms with Crippen molar-refractivity contribution in [2.45, 2.75) is 40.7 Å². The molecule has 2 rings (SSSR count). The predicted octanol–water partition coefficient (Wildman–Crippen LogP) is 4.52. The van der Waals surface area contributed by atoms with Crippen molar-refractivity contribution in [2.24, 2.45) is 5.92 Å². The second-order valence-corrected chi connectivity index (χ2v) is 7.04. The van der Waals surface area contributed by atoms with E-state index in [2.05, 4.69) is 19.2 Å². The van der Waals surface area contributed by atoms with Crippen LogP contribution in [-0.4, -0.2) is 24.6 Å². The number of carbonyl (C=O) groups is 2. The van der Waals surface area contributed by atoms with Crippen LogP contribution in [-0.2, 0) is 9.53 Å². The molecule has 5 heteroatoms. The number of aryl methyl sites for hydroxylation is 2. The largest absolute Gasteiger partial charge is 0.493 e. The summed E-state index contributed by atoms with van der Waals surface area (Å²) >= 11 is 0. The second-order valence-electron chi connectivity index (χ2n) is 7.04. The summed E-state index contributed by atoms with van der Waals surface area (Å²) in [6, 6.07) is 12.5. The highest BCUT2D eigenvalue weighted by Crippen LogP contribution is 2.20. The van der Waals surface area contributed by atoms with Crippen LogP contribution in [0.2, 0.25) is 0 Å². The Morgan fingerprint density at radius 3 is 2.26 bits per heavy atom. The first kappa shape index (κ1) is 20.5. The van der Waals surface area contributed by atoms with Crippen LogP contribution in [0, 0.1) is 19.8 Å². The lowest BCUT2D eigenvalue weighted by atomic mass is 10.1. The van der Waals surface area contributed by atoms with E-state index in [-0.39, 0.29) is 5.91 Å². The number of rotatable bonds is 7. The standard InChI is InChI=1S/C22H27NO4/c1-14(2)13-26-19-11-7-10-18(12-19)22(25)27-17(5)21(24)23-20-15(3)8-6-9-16(20)4/h6-12,14,17H,13H2,1-5H3,(H,23,24)/t17-/m0/s1. The van der Waals surface area contributed by atoms with Crippen LogP contribution in [0.25, 0.3) is 0 Å². The SMILES string of the molecule is Cc1cccc(C)c1NC(=O)[C@H](C)OC(=O)c1cccc(OCC(C)C)c1. The Labute approximate surface area is 160 Å². The van der Waals surface area contributed by atoms with Gasteiger partial charge in [-0.1, -0.05) is 38.1 Å². The van der Waals surface area contributed by atoms with Crippen molar-refractivity contribution in [1.82, 2.24) is 0 Å². The highest BCUT2D eigenvalue weighted by atomic mass is 16.5. The molecular formula is C22H27NO4. The third-order valence-electron chi connectivity index (χ3n) is 4.04. The van der Waals surface area contributed by atoms with Gasteiger partial charge in [0.1, 0.15) is 5.75 Å². The van der Waals surface area contributed by atoms with Crippen molar-refractivity contribution >= 4 is 17.6 Å². The number of amides is 1. The van der Waals surface area contributed by atoms with Crippen LogP contribution in [0.4, 0.5) is 5.69 Å². The molecule has 2 aromatic rings. The van der Waals surface area contributed by atoms with E-state index in [0.717, 1.165) is 16.8 Å². The molecule has 0 saturated heterocycles. The fourth-order valence-electron chi connectivity index (χ4n) is 2.49. The number of esters is 1. The molecule has 0 aliphatic heterocycles. The third-order valence-corrected chi connectivity index (χ3v) is 4.04. The molecule has 0 fully saturated rings. The van der Waals surface area contributed by atoms with E-state index in [1.807, 2.05) is 32.0 Å². The van der Waals surface area contributed by atoms with Gasteiger partial charge in [-0.05, 0) is 56.0 Å². The van der Waals surface area contributed by atoms with Gasteiger partial charge in [0.25, 0.3) is 5.91 Å². The highest BCUT2D eigenvalue weighted by molar-refractivity contribution is 5.98. The van der Waals surface area contributed by atoms with E-state index in [1.54, 1.807) is 31.2 Å². The third kappa shape index (κ3) is 5.84. The molecule has 0 unspecified atom stereocenters. The normalized spacial score (nSPS) is 11.8. The van der Waals surface area contributed by atoms with E-state index < -0.39 is 12.1 Å². The van der Waals surface area contributed by atoms with Gasteiger partial charge in [0.15, 0.2) is 6.10 Å². The van der Waals surface area contributed by atoms with Crippen LogP contribution in [0.3, 0.4) is 0 Å². The molecule has 0 radical (unpaired) electrons. The number of carbonyl (C=O) groups excluding carboxylic acids is 2. The van der Waals surface area contributed by atoms with Gasteiger partial charge in [-0.2, -0.15) is 0 Å². The van der Waals surface area contributed by atoms with Gasteiger partial charge in [0, 0.05) is 5.69 Å². The van der Waals surface area contributed by atoms with Crippen LogP contribution < -0.4 is 10.1 Å². The summed E-state index contributed by atoms with van der Waals surface area (Å²) < 4.78 is 11.0. The Morgan fingerprint density at radius 1 is 1.00 bits per heavy atom. The fraction of sp³-hybridized carbons (Fsp3) is 0.364. The predicted molar refractivity (Wildman–Crippen MR) is 106 cm³/mol. The van der Waals surface area contributed by atoms with Crippen molar-refractivity contribution in [3.05, 3.63) is 59.2 Å². The molecule has 0 heterocycles. The first-order valence-corrected chi connectivity index (χ1v) is 9.09. The maximum Gasteiger partial charge on any atom is 0.339 e. The zero-order valence-corrected chi connectivity index (χ0v) is 16.5. The van der Waals surface area contributed by atoms with Gasteiger partial charge in [-0.3, -0.25) is 4.79 Å². The van der Waals surface area contributed by atoms with Gasteiger partial charge in [0.05, 0.1) is 12.2 Å². The molecule has 1 amide bonds. The molecule has 0 bridgehead atoms. The minimum Gasteiger partial charge on any atom is -0.493 e. The van der Waals surface area contributed by atoms with Gasteiger partial charge in [-0.25, -0.2) is 4.79 Å². The number of para-hydroxylation sites is 1. The van der Waals surface area contributed by atoms with Gasteiger partial charge >= 0.3 is 5.97 Å². The molecule has 0 saturated carbocycles.